The van der Waals surface area contributed by atoms with Gasteiger partial charge in [0.05, 0.1) is 7.11 Å². The summed E-state index contributed by atoms with van der Waals surface area (Å²) in [4.78, 5) is 9.56. The van der Waals surface area contributed by atoms with Crippen LogP contribution >= 0.6 is 23.1 Å². The van der Waals surface area contributed by atoms with Gasteiger partial charge < -0.3 is 9.64 Å². The molecule has 0 bridgehead atoms. The van der Waals surface area contributed by atoms with Crippen LogP contribution in [-0.2, 0) is 6.42 Å². The summed E-state index contributed by atoms with van der Waals surface area (Å²) in [5.74, 6) is 1.68. The van der Waals surface area contributed by atoms with E-state index in [1.165, 1.54) is 17.1 Å². The highest BCUT2D eigenvalue weighted by atomic mass is 35.5. The standard InChI is InChI=1S/C21H23ClN4OS/c1-27-19-7-2-4-16(14-19)8-9-25-10-12-26(13-11-25)21-23-20(24-28-21)17-5-3-6-18(22)15-17/h2-7,14-15H,8-13H2,1H3. The molecule has 1 saturated heterocycles. The Hall–Kier alpha value is -2.15. The minimum atomic E-state index is 0.707. The van der Waals surface area contributed by atoms with E-state index < -0.39 is 0 Å². The minimum absolute atomic E-state index is 0.707. The molecular weight excluding hydrogens is 392 g/mol. The lowest BCUT2D eigenvalue weighted by Gasteiger charge is -2.34. The van der Waals surface area contributed by atoms with Crippen LogP contribution in [0.1, 0.15) is 5.56 Å². The third kappa shape index (κ3) is 4.63. The molecule has 0 atom stereocenters. The highest BCUT2D eigenvalue weighted by Gasteiger charge is 2.20. The Balaban J connectivity index is 1.30. The minimum Gasteiger partial charge on any atom is -0.497 e. The lowest BCUT2D eigenvalue weighted by Crippen LogP contribution is -2.47. The van der Waals surface area contributed by atoms with Crippen molar-refractivity contribution in [3.63, 3.8) is 0 Å². The summed E-state index contributed by atoms with van der Waals surface area (Å²) >= 11 is 7.54. The first-order valence-corrected chi connectivity index (χ1v) is 10.6. The van der Waals surface area contributed by atoms with E-state index in [0.717, 1.165) is 61.4 Å². The Morgan fingerprint density at radius 1 is 1.07 bits per heavy atom. The third-order valence-corrected chi connectivity index (χ3v) is 6.00. The van der Waals surface area contributed by atoms with Gasteiger partial charge in [-0.15, -0.1) is 0 Å². The average molecular weight is 415 g/mol. The van der Waals surface area contributed by atoms with Crippen LogP contribution in [0.2, 0.25) is 5.02 Å². The normalized spacial score (nSPS) is 15.0. The van der Waals surface area contributed by atoms with Gasteiger partial charge in [-0.1, -0.05) is 35.9 Å². The summed E-state index contributed by atoms with van der Waals surface area (Å²) in [6.07, 6.45) is 1.04. The molecule has 1 aliphatic rings. The summed E-state index contributed by atoms with van der Waals surface area (Å²) < 4.78 is 9.83. The highest BCUT2D eigenvalue weighted by Crippen LogP contribution is 2.26. The maximum absolute atomic E-state index is 6.08. The number of aromatic nitrogens is 2. The molecule has 0 radical (unpaired) electrons. The van der Waals surface area contributed by atoms with Gasteiger partial charge in [-0.05, 0) is 36.2 Å². The van der Waals surface area contributed by atoms with Crippen molar-refractivity contribution >= 4 is 28.3 Å². The zero-order valence-corrected chi connectivity index (χ0v) is 17.4. The summed E-state index contributed by atoms with van der Waals surface area (Å²) in [5, 5.41) is 1.70. The average Bonchev–Trinajstić information content (AvgIpc) is 3.23. The number of benzene rings is 2. The number of hydrogen-bond donors (Lipinski definition) is 0. The van der Waals surface area contributed by atoms with Gasteiger partial charge in [0.2, 0.25) is 5.13 Å². The molecule has 2 heterocycles. The van der Waals surface area contributed by atoms with Crippen molar-refractivity contribution < 1.29 is 4.74 Å². The molecular formula is C21H23ClN4OS. The third-order valence-electron chi connectivity index (χ3n) is 4.99. The molecule has 7 heteroatoms. The quantitative estimate of drug-likeness (QED) is 0.603. The van der Waals surface area contributed by atoms with Gasteiger partial charge in [-0.3, -0.25) is 4.90 Å². The number of hydrogen-bond acceptors (Lipinski definition) is 6. The second-order valence-corrected chi connectivity index (χ2v) is 8.01. The van der Waals surface area contributed by atoms with Crippen molar-refractivity contribution in [3.05, 3.63) is 59.1 Å². The lowest BCUT2D eigenvalue weighted by atomic mass is 10.1. The Morgan fingerprint density at radius 2 is 1.89 bits per heavy atom. The summed E-state index contributed by atoms with van der Waals surface area (Å²) in [6, 6.07) is 16.0. The van der Waals surface area contributed by atoms with E-state index in [-0.39, 0.29) is 0 Å². The number of anilines is 1. The molecule has 0 amide bonds. The number of rotatable bonds is 6. The first-order valence-electron chi connectivity index (χ1n) is 9.41. The van der Waals surface area contributed by atoms with Crippen LogP contribution in [0.25, 0.3) is 11.4 Å². The topological polar surface area (TPSA) is 41.5 Å². The highest BCUT2D eigenvalue weighted by molar-refractivity contribution is 7.09. The number of nitrogens with zero attached hydrogens (tertiary/aromatic N) is 4. The molecule has 0 aliphatic carbocycles. The summed E-state index contributed by atoms with van der Waals surface area (Å²) in [6.45, 7) is 5.08. The van der Waals surface area contributed by atoms with Crippen LogP contribution in [0.3, 0.4) is 0 Å². The van der Waals surface area contributed by atoms with E-state index in [1.807, 2.05) is 30.3 Å². The second kappa shape index (κ2) is 8.90. The molecule has 0 spiro atoms. The maximum Gasteiger partial charge on any atom is 0.205 e. The van der Waals surface area contributed by atoms with Gasteiger partial charge in [-0.2, -0.15) is 9.36 Å². The number of piperazine rings is 1. The van der Waals surface area contributed by atoms with E-state index in [4.69, 9.17) is 21.3 Å². The molecule has 1 fully saturated rings. The van der Waals surface area contributed by atoms with Crippen molar-refractivity contribution in [1.82, 2.24) is 14.3 Å². The van der Waals surface area contributed by atoms with E-state index >= 15 is 0 Å². The molecule has 4 rings (SSSR count). The summed E-state index contributed by atoms with van der Waals surface area (Å²) in [7, 11) is 1.71. The van der Waals surface area contributed by atoms with E-state index in [2.05, 4.69) is 32.4 Å². The molecule has 3 aromatic rings. The number of ether oxygens (including phenoxy) is 1. The van der Waals surface area contributed by atoms with Gasteiger partial charge in [0.25, 0.3) is 0 Å². The molecule has 1 aromatic heterocycles. The lowest BCUT2D eigenvalue weighted by molar-refractivity contribution is 0.261. The van der Waals surface area contributed by atoms with Crippen molar-refractivity contribution in [2.24, 2.45) is 0 Å². The van der Waals surface area contributed by atoms with Gasteiger partial charge in [-0.25, -0.2) is 0 Å². The fourth-order valence-corrected chi connectivity index (χ4v) is 4.30. The smallest absolute Gasteiger partial charge is 0.205 e. The van der Waals surface area contributed by atoms with Crippen LogP contribution in [0.5, 0.6) is 5.75 Å². The van der Waals surface area contributed by atoms with Gasteiger partial charge in [0.1, 0.15) is 5.75 Å². The Morgan fingerprint density at radius 3 is 2.68 bits per heavy atom. The fraction of sp³-hybridized carbons (Fsp3) is 0.333. The monoisotopic (exact) mass is 414 g/mol. The first-order chi connectivity index (χ1) is 13.7. The predicted molar refractivity (Wildman–Crippen MR) is 116 cm³/mol. The fourth-order valence-electron chi connectivity index (χ4n) is 3.37. The summed E-state index contributed by atoms with van der Waals surface area (Å²) in [5.41, 5.74) is 2.28. The van der Waals surface area contributed by atoms with Crippen molar-refractivity contribution in [2.75, 3.05) is 44.7 Å². The SMILES string of the molecule is COc1cccc(CCN2CCN(c3nc(-c4cccc(Cl)c4)ns3)CC2)c1. The molecule has 5 nitrogen and oxygen atoms in total. The molecule has 28 heavy (non-hydrogen) atoms. The molecule has 1 aliphatic heterocycles. The Labute approximate surface area is 174 Å². The number of methoxy groups -OCH3 is 1. The Kier molecular flexibility index (Phi) is 6.10. The maximum atomic E-state index is 6.08. The van der Waals surface area contributed by atoms with Crippen LogP contribution in [0.15, 0.2) is 48.5 Å². The van der Waals surface area contributed by atoms with E-state index in [1.54, 1.807) is 7.11 Å². The van der Waals surface area contributed by atoms with Crippen molar-refractivity contribution in [3.8, 4) is 17.1 Å². The molecule has 0 saturated carbocycles. The predicted octanol–water partition coefficient (Wildman–Crippen LogP) is 4.23. The van der Waals surface area contributed by atoms with E-state index in [9.17, 15) is 0 Å². The zero-order valence-electron chi connectivity index (χ0n) is 15.8. The van der Waals surface area contributed by atoms with Crippen molar-refractivity contribution in [1.29, 1.82) is 0 Å². The van der Waals surface area contributed by atoms with Crippen LogP contribution in [0.4, 0.5) is 5.13 Å². The largest absolute Gasteiger partial charge is 0.497 e. The van der Waals surface area contributed by atoms with Gasteiger partial charge in [0, 0.05) is 54.8 Å². The van der Waals surface area contributed by atoms with Crippen LogP contribution < -0.4 is 9.64 Å². The zero-order chi connectivity index (χ0) is 19.3. The first kappa shape index (κ1) is 19.2. The molecule has 0 N–H and O–H groups in total. The van der Waals surface area contributed by atoms with E-state index in [0.29, 0.717) is 5.02 Å². The van der Waals surface area contributed by atoms with Gasteiger partial charge >= 0.3 is 0 Å². The Bertz CT molecular complexity index is 924. The molecule has 0 unspecified atom stereocenters. The molecule has 2 aromatic carbocycles. The number of halogens is 1. The van der Waals surface area contributed by atoms with Gasteiger partial charge in [0.15, 0.2) is 5.82 Å². The van der Waals surface area contributed by atoms with Crippen molar-refractivity contribution in [2.45, 2.75) is 6.42 Å². The molecule has 146 valence electrons. The van der Waals surface area contributed by atoms with Crippen LogP contribution in [0, 0.1) is 0 Å². The van der Waals surface area contributed by atoms with Crippen LogP contribution in [-0.4, -0.2) is 54.1 Å². The second-order valence-electron chi connectivity index (χ2n) is 6.84.